The van der Waals surface area contributed by atoms with Crippen molar-refractivity contribution in [1.82, 2.24) is 19.9 Å². The van der Waals surface area contributed by atoms with Crippen LogP contribution in [0.3, 0.4) is 0 Å². The van der Waals surface area contributed by atoms with Crippen molar-refractivity contribution in [2.45, 2.75) is 39.2 Å². The molecule has 0 atom stereocenters. The highest BCUT2D eigenvalue weighted by atomic mass is 32.2. The van der Waals surface area contributed by atoms with Gasteiger partial charge in [0.1, 0.15) is 0 Å². The van der Waals surface area contributed by atoms with Crippen LogP contribution >= 0.6 is 47.0 Å². The number of aromatic carboxylic acids is 4. The highest BCUT2D eigenvalue weighted by Gasteiger charge is 2.37. The number of carboxylic acids is 4. The summed E-state index contributed by atoms with van der Waals surface area (Å²) in [6.07, 6.45) is 2.88. The fraction of sp³-hybridized carbons (Fsp3) is 0. The van der Waals surface area contributed by atoms with Crippen molar-refractivity contribution in [3.05, 3.63) is 259 Å². The first-order chi connectivity index (χ1) is 49.5. The SMILES string of the molecule is O=C(O)c1cccc(Sc2c(F)c(F)c(-c3c4nc(c(-c5c(F)c(F)c(Sc6cccc(C(=O)O)c6)c(F)c5F)c5ccc([nH]5)c(-c5c(F)c(F)c(Sc6cccc(C(=O)O)c6)c(F)c5F)c5nc(c(-c6c(F)c(F)c(Sc7cccc(C(=O)O)c7)c(F)c6F)c6ccc3[nH]6)C=C5)C=C4)c(F)c2F)c1. The second kappa shape index (κ2) is 27.7. The van der Waals surface area contributed by atoms with Crippen LogP contribution in [0.25, 0.3) is 90.9 Å². The highest BCUT2D eigenvalue weighted by molar-refractivity contribution is 8.00. The minimum atomic E-state index is -2.29. The molecule has 0 spiro atoms. The lowest BCUT2D eigenvalue weighted by molar-refractivity contribution is 0.0685. The molecule has 6 N–H and O–H groups in total. The molecule has 13 rings (SSSR count). The predicted molar refractivity (Wildman–Crippen MR) is 350 cm³/mol. The largest absolute Gasteiger partial charge is 0.478 e. The predicted octanol–water partition coefficient (Wildman–Crippen LogP) is 20.9. The van der Waals surface area contributed by atoms with Gasteiger partial charge in [0.15, 0.2) is 93.1 Å². The van der Waals surface area contributed by atoms with Gasteiger partial charge in [-0.05, 0) is 121 Å². The number of fused-ring (bicyclic) bond motifs is 8. The van der Waals surface area contributed by atoms with E-state index in [4.69, 9.17) is 0 Å². The van der Waals surface area contributed by atoms with Crippen molar-refractivity contribution in [1.29, 1.82) is 0 Å². The lowest BCUT2D eigenvalue weighted by Gasteiger charge is -2.14. The Labute approximate surface area is 587 Å². The van der Waals surface area contributed by atoms with Gasteiger partial charge in [0.2, 0.25) is 0 Å². The van der Waals surface area contributed by atoms with E-state index in [1.807, 2.05) is 0 Å². The number of H-pyrrole nitrogens is 2. The van der Waals surface area contributed by atoms with Gasteiger partial charge in [-0.1, -0.05) is 71.3 Å². The van der Waals surface area contributed by atoms with Gasteiger partial charge in [-0.15, -0.1) is 0 Å². The van der Waals surface area contributed by atoms with Crippen molar-refractivity contribution in [3.8, 4) is 44.5 Å². The maximum absolute atomic E-state index is 17.4. The molecular formula is C72H30F16N4O8S4. The van der Waals surface area contributed by atoms with Gasteiger partial charge in [0, 0.05) is 63.9 Å². The number of aromatic amines is 2. The van der Waals surface area contributed by atoms with Gasteiger partial charge in [0.25, 0.3) is 0 Å². The zero-order chi connectivity index (χ0) is 74.3. The van der Waals surface area contributed by atoms with Crippen LogP contribution in [0.4, 0.5) is 70.2 Å². The molecule has 0 saturated heterocycles. The second-order valence-electron chi connectivity index (χ2n) is 22.1. The highest BCUT2D eigenvalue weighted by Crippen LogP contribution is 2.49. The van der Waals surface area contributed by atoms with E-state index in [2.05, 4.69) is 19.9 Å². The number of hydrogen-bond acceptors (Lipinski definition) is 10. The standard InChI is InChI=1S/C72H30F16N4O8S4/c73-49-45(50(74)58(82)65(57(49)81)101-29-9-1-5-25(21-29)69(93)94)41-33-13-15-35(89-33)42(46-51(75)59(83)66(60(84)52(46)76)102-30-10-2-6-26(22-30)70(95)96)37-17-19-39(91-37)44(48-55(79)63(87)68(64(88)56(48)80)104-32-12-4-8-28(24-32)72(99)100)40-20-18-38(92-40)43(36-16-14-34(41)90-36)47-53(77)61(85)67(62(86)54(47)78)103-31-11-3-7-27(23-31)71(97)98/h1-24,89,92H,(H,93,94)(H,95,96)(H,97,98)(H,99,100). The Kier molecular flexibility index (Phi) is 18.9. The van der Waals surface area contributed by atoms with E-state index in [1.54, 1.807) is 0 Å². The van der Waals surface area contributed by atoms with Gasteiger partial charge >= 0.3 is 23.9 Å². The van der Waals surface area contributed by atoms with Crippen molar-refractivity contribution >= 4 is 117 Å². The summed E-state index contributed by atoms with van der Waals surface area (Å²) in [5.41, 5.74) is -20.8. The zero-order valence-electron chi connectivity index (χ0n) is 50.9. The van der Waals surface area contributed by atoms with Crippen LogP contribution in [-0.4, -0.2) is 64.2 Å². The summed E-state index contributed by atoms with van der Waals surface area (Å²) >= 11 is -0.0392. The van der Waals surface area contributed by atoms with Gasteiger partial charge in [-0.25, -0.2) is 99.4 Å². The van der Waals surface area contributed by atoms with Crippen LogP contribution in [0.2, 0.25) is 0 Å². The third kappa shape index (κ3) is 12.5. The van der Waals surface area contributed by atoms with Crippen molar-refractivity contribution in [3.63, 3.8) is 0 Å². The van der Waals surface area contributed by atoms with Crippen molar-refractivity contribution in [2.24, 2.45) is 0 Å². The monoisotopic (exact) mass is 1510 g/mol. The number of nitrogens with zero attached hydrogens (tertiary/aromatic N) is 2. The quantitative estimate of drug-likeness (QED) is 0.0393. The molecule has 3 aromatic heterocycles. The summed E-state index contributed by atoms with van der Waals surface area (Å²) in [6, 6.07) is 19.7. The van der Waals surface area contributed by atoms with Crippen LogP contribution in [-0.2, 0) is 0 Å². The first kappa shape index (κ1) is 70.9. The molecule has 0 saturated carbocycles. The summed E-state index contributed by atoms with van der Waals surface area (Å²) in [4.78, 5) is 53.9. The minimum Gasteiger partial charge on any atom is -0.478 e. The Morgan fingerprint density at radius 3 is 0.615 bits per heavy atom. The fourth-order valence-corrected chi connectivity index (χ4v) is 14.9. The molecular weight excluding hydrogens is 1480 g/mol. The summed E-state index contributed by atoms with van der Waals surface area (Å²) in [7, 11) is 0. The maximum Gasteiger partial charge on any atom is 0.335 e. The molecule has 104 heavy (non-hydrogen) atoms. The van der Waals surface area contributed by atoms with E-state index >= 15 is 70.2 Å². The Hall–Kier alpha value is -11.5. The molecule has 0 unspecified atom stereocenters. The van der Waals surface area contributed by atoms with Gasteiger partial charge in [-0.2, -0.15) is 0 Å². The molecule has 8 bridgehead atoms. The van der Waals surface area contributed by atoms with Crippen LogP contribution in [0.15, 0.2) is 160 Å². The number of aromatic nitrogens is 4. The number of carboxylic acid groups (broad SMARTS) is 4. The van der Waals surface area contributed by atoms with Crippen molar-refractivity contribution < 1.29 is 110 Å². The molecule has 2 aliphatic rings. The van der Waals surface area contributed by atoms with Crippen LogP contribution in [0.1, 0.15) is 64.2 Å². The summed E-state index contributed by atoms with van der Waals surface area (Å²) in [6.45, 7) is 0. The average molecular weight is 1510 g/mol. The van der Waals surface area contributed by atoms with E-state index in [9.17, 15) is 39.6 Å². The smallest absolute Gasteiger partial charge is 0.335 e. The first-order valence-corrected chi connectivity index (χ1v) is 32.5. The molecule has 8 aromatic carbocycles. The third-order valence-electron chi connectivity index (χ3n) is 15.8. The topological polar surface area (TPSA) is 207 Å². The summed E-state index contributed by atoms with van der Waals surface area (Å²) in [5.74, 6) is -42.1. The molecule has 12 nitrogen and oxygen atoms in total. The summed E-state index contributed by atoms with van der Waals surface area (Å²) < 4.78 is 274. The fourth-order valence-electron chi connectivity index (χ4n) is 11.2. The Morgan fingerprint density at radius 1 is 0.260 bits per heavy atom. The number of nitrogens with one attached hydrogen (secondary N) is 2. The molecule has 0 amide bonds. The number of halogens is 16. The molecule has 11 aromatic rings. The first-order valence-electron chi connectivity index (χ1n) is 29.2. The maximum atomic E-state index is 17.4. The summed E-state index contributed by atoms with van der Waals surface area (Å²) in [5, 5.41) is 38.4. The van der Waals surface area contributed by atoms with Gasteiger partial charge in [0.05, 0.1) is 86.9 Å². The Morgan fingerprint density at radius 2 is 0.442 bits per heavy atom. The minimum absolute atomic E-state index is 0.00981. The zero-order valence-corrected chi connectivity index (χ0v) is 54.1. The second-order valence-corrected chi connectivity index (χ2v) is 26.4. The van der Waals surface area contributed by atoms with E-state index in [1.165, 1.54) is 0 Å². The number of hydrogen-bond donors (Lipinski definition) is 6. The molecule has 0 radical (unpaired) electrons. The Balaban J connectivity index is 1.16. The molecule has 0 aliphatic carbocycles. The van der Waals surface area contributed by atoms with Crippen LogP contribution in [0.5, 0.6) is 0 Å². The van der Waals surface area contributed by atoms with E-state index in [-0.39, 0.29) is 66.6 Å². The molecule has 0 fully saturated rings. The molecule has 2 aliphatic heterocycles. The van der Waals surface area contributed by atoms with Gasteiger partial charge < -0.3 is 30.4 Å². The number of benzene rings is 8. The molecule has 32 heteroatoms. The Bertz CT molecular complexity index is 5100. The lowest BCUT2D eigenvalue weighted by atomic mass is 10.0. The molecule has 522 valence electrons. The van der Waals surface area contributed by atoms with Crippen molar-refractivity contribution in [2.75, 3.05) is 0 Å². The molecule has 5 heterocycles. The van der Waals surface area contributed by atoms with Gasteiger partial charge in [-0.3, -0.25) is 0 Å². The van der Waals surface area contributed by atoms with Crippen LogP contribution < -0.4 is 0 Å². The van der Waals surface area contributed by atoms with E-state index in [0.29, 0.717) is 0 Å². The third-order valence-corrected chi connectivity index (χ3v) is 20.1. The van der Waals surface area contributed by atoms with E-state index < -0.39 is 248 Å². The number of carbonyl (C=O) groups is 4. The van der Waals surface area contributed by atoms with Crippen LogP contribution in [0, 0.1) is 93.1 Å². The number of rotatable bonds is 16. The average Bonchev–Trinajstić information content (AvgIpc) is 1.47. The normalized spacial score (nSPS) is 11.8. The van der Waals surface area contributed by atoms with E-state index in [0.717, 1.165) is 146 Å². The lowest BCUT2D eigenvalue weighted by Crippen LogP contribution is -2.05.